The number of carbonyl (C=O) groups excluding carboxylic acids is 2. The Labute approximate surface area is 110 Å². The predicted molar refractivity (Wildman–Crippen MR) is 68.8 cm³/mol. The maximum absolute atomic E-state index is 11.3. The number of halogens is 1. The predicted octanol–water partition coefficient (Wildman–Crippen LogP) is 1.34. The van der Waals surface area contributed by atoms with Crippen LogP contribution in [0.1, 0.15) is 23.7 Å². The number of primary amides is 1. The molecule has 0 radical (unpaired) electrons. The van der Waals surface area contributed by atoms with E-state index in [2.05, 4.69) is 5.32 Å². The molecule has 0 aromatic heterocycles. The van der Waals surface area contributed by atoms with Crippen molar-refractivity contribution >= 4 is 23.4 Å². The van der Waals surface area contributed by atoms with Crippen molar-refractivity contribution in [1.82, 2.24) is 5.32 Å². The fourth-order valence-electron chi connectivity index (χ4n) is 1.28. The lowest BCUT2D eigenvalue weighted by Gasteiger charge is -2.09. The van der Waals surface area contributed by atoms with E-state index in [1.54, 1.807) is 6.07 Å². The smallest absolute Gasteiger partial charge is 0.257 e. The summed E-state index contributed by atoms with van der Waals surface area (Å²) in [5.41, 5.74) is 5.35. The molecule has 98 valence electrons. The van der Waals surface area contributed by atoms with Gasteiger partial charge in [-0.05, 0) is 24.6 Å². The summed E-state index contributed by atoms with van der Waals surface area (Å²) < 4.78 is 5.24. The van der Waals surface area contributed by atoms with Gasteiger partial charge in [-0.2, -0.15) is 0 Å². The Balaban J connectivity index is 2.67. The average molecular weight is 271 g/mol. The van der Waals surface area contributed by atoms with Crippen LogP contribution in [0.15, 0.2) is 18.2 Å². The zero-order valence-corrected chi connectivity index (χ0v) is 10.8. The van der Waals surface area contributed by atoms with Gasteiger partial charge in [0, 0.05) is 11.6 Å². The zero-order chi connectivity index (χ0) is 13.5. The highest BCUT2D eigenvalue weighted by molar-refractivity contribution is 6.31. The van der Waals surface area contributed by atoms with Crippen LogP contribution in [0.3, 0.4) is 0 Å². The van der Waals surface area contributed by atoms with Crippen molar-refractivity contribution in [2.45, 2.75) is 13.3 Å². The van der Waals surface area contributed by atoms with E-state index >= 15 is 0 Å². The van der Waals surface area contributed by atoms with E-state index in [-0.39, 0.29) is 23.8 Å². The van der Waals surface area contributed by atoms with Crippen molar-refractivity contribution in [2.75, 3.05) is 13.2 Å². The quantitative estimate of drug-likeness (QED) is 0.818. The first-order valence-electron chi connectivity index (χ1n) is 5.53. The van der Waals surface area contributed by atoms with Crippen LogP contribution in [0, 0.1) is 0 Å². The van der Waals surface area contributed by atoms with Crippen LogP contribution >= 0.6 is 11.6 Å². The molecule has 18 heavy (non-hydrogen) atoms. The summed E-state index contributed by atoms with van der Waals surface area (Å²) in [5, 5.41) is 3.04. The Morgan fingerprint density at radius 3 is 2.78 bits per heavy atom. The third-order valence-corrected chi connectivity index (χ3v) is 2.37. The summed E-state index contributed by atoms with van der Waals surface area (Å²) >= 11 is 5.75. The van der Waals surface area contributed by atoms with Crippen LogP contribution in [-0.2, 0) is 4.79 Å². The van der Waals surface area contributed by atoms with Gasteiger partial charge in [0.05, 0.1) is 5.56 Å². The molecule has 0 atom stereocenters. The van der Waals surface area contributed by atoms with Crippen LogP contribution in [0.5, 0.6) is 5.75 Å². The standard InChI is InChI=1S/C12H15ClN2O3/c1-2-5-15-11(16)7-18-10-4-3-8(13)6-9(10)12(14)17/h3-4,6H,2,5,7H2,1H3,(H2,14,17)(H,15,16). The van der Waals surface area contributed by atoms with Gasteiger partial charge < -0.3 is 15.8 Å². The van der Waals surface area contributed by atoms with Crippen molar-refractivity contribution < 1.29 is 14.3 Å². The Hall–Kier alpha value is -1.75. The van der Waals surface area contributed by atoms with Crippen molar-refractivity contribution in [3.8, 4) is 5.75 Å². The molecule has 3 N–H and O–H groups in total. The van der Waals surface area contributed by atoms with E-state index < -0.39 is 5.91 Å². The van der Waals surface area contributed by atoms with Gasteiger partial charge in [-0.15, -0.1) is 0 Å². The Morgan fingerprint density at radius 1 is 1.44 bits per heavy atom. The maximum Gasteiger partial charge on any atom is 0.257 e. The van der Waals surface area contributed by atoms with Crippen molar-refractivity contribution in [3.05, 3.63) is 28.8 Å². The Bertz CT molecular complexity index is 449. The second-order valence-electron chi connectivity index (χ2n) is 3.64. The fourth-order valence-corrected chi connectivity index (χ4v) is 1.45. The number of hydrogen-bond acceptors (Lipinski definition) is 3. The van der Waals surface area contributed by atoms with Crippen LogP contribution in [0.4, 0.5) is 0 Å². The van der Waals surface area contributed by atoms with Crippen molar-refractivity contribution in [3.63, 3.8) is 0 Å². The van der Waals surface area contributed by atoms with Gasteiger partial charge in [-0.1, -0.05) is 18.5 Å². The molecule has 0 unspecified atom stereocenters. The number of benzene rings is 1. The van der Waals surface area contributed by atoms with Crippen LogP contribution in [0.25, 0.3) is 0 Å². The minimum Gasteiger partial charge on any atom is -0.483 e. The van der Waals surface area contributed by atoms with E-state index in [4.69, 9.17) is 22.1 Å². The minimum absolute atomic E-state index is 0.158. The second-order valence-corrected chi connectivity index (χ2v) is 4.08. The molecule has 1 rings (SSSR count). The first-order valence-corrected chi connectivity index (χ1v) is 5.91. The highest BCUT2D eigenvalue weighted by Gasteiger charge is 2.11. The van der Waals surface area contributed by atoms with Crippen LogP contribution in [0.2, 0.25) is 5.02 Å². The SMILES string of the molecule is CCCNC(=O)COc1ccc(Cl)cc1C(N)=O. The zero-order valence-electron chi connectivity index (χ0n) is 10.0. The lowest BCUT2D eigenvalue weighted by atomic mass is 10.2. The van der Waals surface area contributed by atoms with Crippen LogP contribution < -0.4 is 15.8 Å². The van der Waals surface area contributed by atoms with Gasteiger partial charge in [-0.25, -0.2) is 0 Å². The van der Waals surface area contributed by atoms with E-state index in [1.165, 1.54) is 12.1 Å². The molecule has 1 aromatic carbocycles. The van der Waals surface area contributed by atoms with E-state index in [9.17, 15) is 9.59 Å². The van der Waals surface area contributed by atoms with Gasteiger partial charge in [0.25, 0.3) is 11.8 Å². The number of ether oxygens (including phenoxy) is 1. The number of carbonyl (C=O) groups is 2. The van der Waals surface area contributed by atoms with E-state index in [0.29, 0.717) is 11.6 Å². The molecule has 5 nitrogen and oxygen atoms in total. The summed E-state index contributed by atoms with van der Waals surface area (Å²) in [7, 11) is 0. The lowest BCUT2D eigenvalue weighted by molar-refractivity contribution is -0.123. The molecular weight excluding hydrogens is 256 g/mol. The number of amides is 2. The summed E-state index contributed by atoms with van der Waals surface area (Å²) in [5.74, 6) is -0.651. The molecule has 0 fully saturated rings. The number of nitrogens with one attached hydrogen (secondary N) is 1. The molecule has 6 heteroatoms. The Kier molecular flexibility index (Phi) is 5.45. The van der Waals surface area contributed by atoms with Gasteiger partial charge in [0.15, 0.2) is 6.61 Å². The summed E-state index contributed by atoms with van der Waals surface area (Å²) in [6.45, 7) is 2.37. The van der Waals surface area contributed by atoms with Gasteiger partial charge in [0.1, 0.15) is 5.75 Å². The highest BCUT2D eigenvalue weighted by Crippen LogP contribution is 2.22. The summed E-state index contributed by atoms with van der Waals surface area (Å²) in [6, 6.07) is 4.48. The molecular formula is C12H15ClN2O3. The molecule has 0 aliphatic rings. The third-order valence-electron chi connectivity index (χ3n) is 2.14. The fraction of sp³-hybridized carbons (Fsp3) is 0.333. The van der Waals surface area contributed by atoms with E-state index in [0.717, 1.165) is 6.42 Å². The molecule has 0 aliphatic carbocycles. The molecule has 2 amide bonds. The monoisotopic (exact) mass is 270 g/mol. The highest BCUT2D eigenvalue weighted by atomic mass is 35.5. The summed E-state index contributed by atoms with van der Waals surface area (Å²) in [6.07, 6.45) is 0.846. The number of hydrogen-bond donors (Lipinski definition) is 2. The lowest BCUT2D eigenvalue weighted by Crippen LogP contribution is -2.29. The molecule has 0 heterocycles. The van der Waals surface area contributed by atoms with Gasteiger partial charge >= 0.3 is 0 Å². The molecule has 0 saturated heterocycles. The minimum atomic E-state index is -0.651. The average Bonchev–Trinajstić information content (AvgIpc) is 2.34. The number of rotatable bonds is 6. The van der Waals surface area contributed by atoms with Gasteiger partial charge in [0.2, 0.25) is 0 Å². The first-order chi connectivity index (χ1) is 8.54. The first kappa shape index (κ1) is 14.3. The van der Waals surface area contributed by atoms with Crippen LogP contribution in [-0.4, -0.2) is 25.0 Å². The van der Waals surface area contributed by atoms with Crippen molar-refractivity contribution in [2.24, 2.45) is 5.73 Å². The molecule has 0 bridgehead atoms. The van der Waals surface area contributed by atoms with Crippen molar-refractivity contribution in [1.29, 1.82) is 0 Å². The maximum atomic E-state index is 11.3. The van der Waals surface area contributed by atoms with Gasteiger partial charge in [-0.3, -0.25) is 9.59 Å². The summed E-state index contributed by atoms with van der Waals surface area (Å²) in [4.78, 5) is 22.5. The number of nitrogens with two attached hydrogens (primary N) is 1. The molecule has 0 aliphatic heterocycles. The topological polar surface area (TPSA) is 81.4 Å². The Morgan fingerprint density at radius 2 is 2.17 bits per heavy atom. The molecule has 1 aromatic rings. The third kappa shape index (κ3) is 4.25. The molecule has 0 spiro atoms. The molecule has 0 saturated carbocycles. The van der Waals surface area contributed by atoms with E-state index in [1.807, 2.05) is 6.92 Å². The normalized spacial score (nSPS) is 9.89. The second kappa shape index (κ2) is 6.86. The largest absolute Gasteiger partial charge is 0.483 e.